The molecular formula is C28H31BrN2O6. The number of aliphatic carboxylic acids is 1. The van der Waals surface area contributed by atoms with Gasteiger partial charge in [-0.05, 0) is 48.6 Å². The summed E-state index contributed by atoms with van der Waals surface area (Å²) >= 11 is 3.58. The van der Waals surface area contributed by atoms with E-state index in [4.69, 9.17) is 4.74 Å². The van der Waals surface area contributed by atoms with Gasteiger partial charge in [0.1, 0.15) is 11.6 Å². The largest absolute Gasteiger partial charge is 0.481 e. The van der Waals surface area contributed by atoms with E-state index in [2.05, 4.69) is 22.5 Å². The molecule has 37 heavy (non-hydrogen) atoms. The molecule has 2 aromatic rings. The highest BCUT2D eigenvalue weighted by molar-refractivity contribution is 9.09. The van der Waals surface area contributed by atoms with Gasteiger partial charge in [0.15, 0.2) is 0 Å². The Labute approximate surface area is 224 Å². The number of hydrogen-bond donors (Lipinski definition) is 2. The molecular weight excluding hydrogens is 540 g/mol. The zero-order chi connectivity index (χ0) is 26.3. The number of benzene rings is 2. The summed E-state index contributed by atoms with van der Waals surface area (Å²) in [5.41, 5.74) is -0.544. The summed E-state index contributed by atoms with van der Waals surface area (Å²) in [6.07, 6.45) is 3.22. The van der Waals surface area contributed by atoms with Crippen LogP contribution in [0.2, 0.25) is 0 Å². The predicted octanol–water partition coefficient (Wildman–Crippen LogP) is 3.35. The van der Waals surface area contributed by atoms with Crippen molar-refractivity contribution < 1.29 is 29.3 Å². The second kappa shape index (κ2) is 10.2. The lowest BCUT2D eigenvalue weighted by Crippen LogP contribution is -2.57. The summed E-state index contributed by atoms with van der Waals surface area (Å²) in [4.78, 5) is 43.4. The SMILES string of the molecule is C=CCN(C(=O)[C@H]1N(CCCCCO)C(=O)[C@@H]2[C@@H](C(=O)O)[C@@H]3O[C@@]21CC3Br)c1ccc2ccccc2c1. The normalized spacial score (nSPS) is 30.1. The van der Waals surface area contributed by atoms with Crippen molar-refractivity contribution in [2.45, 2.75) is 48.3 Å². The van der Waals surface area contributed by atoms with Crippen molar-refractivity contribution in [3.05, 3.63) is 55.1 Å². The molecule has 0 aliphatic carbocycles. The number of carboxylic acid groups (broad SMARTS) is 1. The molecule has 2 N–H and O–H groups in total. The topological polar surface area (TPSA) is 107 Å². The standard InChI is InChI=1S/C28H31BrN2O6/c1-2-12-30(19-11-10-17-8-4-5-9-18(17)15-19)26(34)24-28-16-20(29)23(37-28)21(27(35)36)22(28)25(33)31(24)13-6-3-7-14-32/h2,4-5,8-11,15,20-24,32H,1,3,6-7,12-14,16H2,(H,35,36)/t20?,21-,22+,23-,24-,28+/m1/s1. The summed E-state index contributed by atoms with van der Waals surface area (Å²) in [5, 5.41) is 21.2. The third-order valence-corrected chi connectivity index (χ3v) is 8.83. The van der Waals surface area contributed by atoms with E-state index in [1.54, 1.807) is 15.9 Å². The van der Waals surface area contributed by atoms with E-state index < -0.39 is 35.6 Å². The number of aliphatic hydroxyl groups is 1. The van der Waals surface area contributed by atoms with Gasteiger partial charge in [-0.2, -0.15) is 0 Å². The third-order valence-electron chi connectivity index (χ3n) is 7.99. The molecule has 1 spiro atoms. The number of halogens is 1. The summed E-state index contributed by atoms with van der Waals surface area (Å²) in [6, 6.07) is 12.7. The minimum absolute atomic E-state index is 0.0507. The van der Waals surface area contributed by atoms with Crippen molar-refractivity contribution in [1.29, 1.82) is 0 Å². The second-order valence-electron chi connectivity index (χ2n) is 10.1. The maximum atomic E-state index is 14.4. The molecule has 2 bridgehead atoms. The van der Waals surface area contributed by atoms with Crippen LogP contribution in [-0.4, -0.2) is 75.2 Å². The van der Waals surface area contributed by atoms with E-state index in [-0.39, 0.29) is 29.8 Å². The van der Waals surface area contributed by atoms with E-state index in [0.717, 1.165) is 10.8 Å². The molecule has 0 aromatic heterocycles. The lowest BCUT2D eigenvalue weighted by Gasteiger charge is -2.37. The van der Waals surface area contributed by atoms with Gasteiger partial charge in [0.25, 0.3) is 5.91 Å². The monoisotopic (exact) mass is 570 g/mol. The highest BCUT2D eigenvalue weighted by atomic mass is 79.9. The van der Waals surface area contributed by atoms with Crippen molar-refractivity contribution >= 4 is 50.2 Å². The van der Waals surface area contributed by atoms with Gasteiger partial charge in [0.05, 0.1) is 17.9 Å². The number of alkyl halides is 1. The summed E-state index contributed by atoms with van der Waals surface area (Å²) in [5.74, 6) is -3.66. The lowest BCUT2D eigenvalue weighted by atomic mass is 9.70. The van der Waals surface area contributed by atoms with E-state index in [1.165, 1.54) is 0 Å². The number of aliphatic hydroxyl groups excluding tert-OH is 1. The minimum atomic E-state index is -1.22. The van der Waals surface area contributed by atoms with E-state index in [1.807, 2.05) is 42.5 Å². The van der Waals surface area contributed by atoms with Crippen molar-refractivity contribution in [3.63, 3.8) is 0 Å². The van der Waals surface area contributed by atoms with Crippen LogP contribution in [0.15, 0.2) is 55.1 Å². The van der Waals surface area contributed by atoms with Crippen LogP contribution in [0.4, 0.5) is 5.69 Å². The zero-order valence-corrected chi connectivity index (χ0v) is 22.0. The number of carbonyl (C=O) groups is 3. The van der Waals surface area contributed by atoms with Crippen molar-refractivity contribution in [3.8, 4) is 0 Å². The fourth-order valence-corrected chi connectivity index (χ4v) is 7.39. The molecule has 5 rings (SSSR count). The van der Waals surface area contributed by atoms with E-state index in [0.29, 0.717) is 37.9 Å². The molecule has 3 aliphatic heterocycles. The second-order valence-corrected chi connectivity index (χ2v) is 11.3. The molecule has 3 heterocycles. The van der Waals surface area contributed by atoms with Gasteiger partial charge in [0.2, 0.25) is 5.91 Å². The smallest absolute Gasteiger partial charge is 0.310 e. The molecule has 3 aliphatic rings. The Morgan fingerprint density at radius 1 is 1.19 bits per heavy atom. The molecule has 1 unspecified atom stereocenters. The Hall–Kier alpha value is -2.75. The Balaban J connectivity index is 1.56. The Morgan fingerprint density at radius 3 is 2.65 bits per heavy atom. The number of anilines is 1. The Morgan fingerprint density at radius 2 is 1.95 bits per heavy atom. The Bertz CT molecular complexity index is 1240. The fourth-order valence-electron chi connectivity index (χ4n) is 6.45. The number of amides is 2. The molecule has 8 nitrogen and oxygen atoms in total. The highest BCUT2D eigenvalue weighted by Crippen LogP contribution is 2.60. The van der Waals surface area contributed by atoms with Crippen LogP contribution in [0, 0.1) is 11.8 Å². The first-order valence-corrected chi connectivity index (χ1v) is 13.6. The number of unbranched alkanes of at least 4 members (excludes halogenated alkanes) is 2. The van der Waals surface area contributed by atoms with Crippen LogP contribution in [0.5, 0.6) is 0 Å². The Kier molecular flexibility index (Phi) is 7.13. The number of ether oxygens (including phenoxy) is 1. The van der Waals surface area contributed by atoms with Crippen molar-refractivity contribution in [2.24, 2.45) is 11.8 Å². The molecule has 196 valence electrons. The van der Waals surface area contributed by atoms with Gasteiger partial charge in [-0.1, -0.05) is 52.3 Å². The zero-order valence-electron chi connectivity index (χ0n) is 20.5. The van der Waals surface area contributed by atoms with Crippen LogP contribution in [-0.2, 0) is 19.1 Å². The number of fused-ring (bicyclic) bond motifs is 2. The van der Waals surface area contributed by atoms with Gasteiger partial charge in [-0.3, -0.25) is 14.4 Å². The molecule has 3 saturated heterocycles. The summed E-state index contributed by atoms with van der Waals surface area (Å²) in [7, 11) is 0. The fraction of sp³-hybridized carbons (Fsp3) is 0.464. The summed E-state index contributed by atoms with van der Waals surface area (Å²) in [6.45, 7) is 4.42. The number of carbonyl (C=O) groups excluding carboxylic acids is 2. The number of hydrogen-bond acceptors (Lipinski definition) is 5. The van der Waals surface area contributed by atoms with Crippen LogP contribution < -0.4 is 4.90 Å². The van der Waals surface area contributed by atoms with Gasteiger partial charge in [0, 0.05) is 30.2 Å². The molecule has 0 radical (unpaired) electrons. The maximum Gasteiger partial charge on any atom is 0.310 e. The van der Waals surface area contributed by atoms with Gasteiger partial charge >= 0.3 is 5.97 Å². The number of nitrogens with zero attached hydrogens (tertiary/aromatic N) is 2. The van der Waals surface area contributed by atoms with E-state index >= 15 is 0 Å². The van der Waals surface area contributed by atoms with Gasteiger partial charge < -0.3 is 24.7 Å². The quantitative estimate of drug-likeness (QED) is 0.258. The molecule has 3 fully saturated rings. The number of carboxylic acids is 1. The van der Waals surface area contributed by atoms with Gasteiger partial charge in [-0.25, -0.2) is 0 Å². The average molecular weight is 571 g/mol. The van der Waals surface area contributed by atoms with Crippen molar-refractivity contribution in [1.82, 2.24) is 4.90 Å². The first-order chi connectivity index (χ1) is 17.8. The molecule has 6 atom stereocenters. The average Bonchev–Trinajstić information content (AvgIpc) is 3.48. The van der Waals surface area contributed by atoms with Crippen molar-refractivity contribution in [2.75, 3.05) is 24.6 Å². The number of rotatable bonds is 10. The first-order valence-electron chi connectivity index (χ1n) is 12.7. The van der Waals surface area contributed by atoms with Crippen LogP contribution in [0.25, 0.3) is 10.8 Å². The first kappa shape index (κ1) is 25.9. The molecule has 2 amide bonds. The molecule has 2 aromatic carbocycles. The lowest BCUT2D eigenvalue weighted by molar-refractivity contribution is -0.149. The van der Waals surface area contributed by atoms with Crippen LogP contribution >= 0.6 is 15.9 Å². The molecule has 0 saturated carbocycles. The predicted molar refractivity (Wildman–Crippen MR) is 142 cm³/mol. The van der Waals surface area contributed by atoms with Gasteiger partial charge in [-0.15, -0.1) is 6.58 Å². The number of likely N-dealkylation sites (tertiary alicyclic amines) is 1. The molecule has 9 heteroatoms. The van der Waals surface area contributed by atoms with E-state index in [9.17, 15) is 24.6 Å². The highest BCUT2D eigenvalue weighted by Gasteiger charge is 2.76. The van der Waals surface area contributed by atoms with Crippen LogP contribution in [0.1, 0.15) is 25.7 Å². The minimum Gasteiger partial charge on any atom is -0.481 e. The maximum absolute atomic E-state index is 14.4. The summed E-state index contributed by atoms with van der Waals surface area (Å²) < 4.78 is 6.36. The third kappa shape index (κ3) is 4.17. The van der Waals surface area contributed by atoms with Crippen LogP contribution in [0.3, 0.4) is 0 Å².